The molecule has 1 aliphatic rings. The molecule has 4 rings (SSSR count). The van der Waals surface area contributed by atoms with E-state index < -0.39 is 48.3 Å². The molecule has 1 fully saturated rings. The van der Waals surface area contributed by atoms with Crippen LogP contribution in [0.4, 0.5) is 5.82 Å². The van der Waals surface area contributed by atoms with Gasteiger partial charge >= 0.3 is 23.5 Å². The second-order valence-corrected chi connectivity index (χ2v) is 15.8. The van der Waals surface area contributed by atoms with Crippen molar-refractivity contribution in [3.8, 4) is 0 Å². The van der Waals surface area contributed by atoms with Crippen LogP contribution in [0.3, 0.4) is 0 Å². The van der Waals surface area contributed by atoms with Gasteiger partial charge in [-0.1, -0.05) is 45.9 Å². The molecule has 17 nitrogen and oxygen atoms in total. The van der Waals surface area contributed by atoms with Crippen LogP contribution < -0.4 is 5.73 Å². The number of carbonyl (C=O) groups is 1. The van der Waals surface area contributed by atoms with E-state index in [2.05, 4.69) is 23.6 Å². The molecule has 0 spiro atoms. The number of anilines is 1. The first-order valence-corrected chi connectivity index (χ1v) is 19.1. The van der Waals surface area contributed by atoms with Crippen molar-refractivity contribution < 1.29 is 55.9 Å². The zero-order valence-electron chi connectivity index (χ0n) is 21.6. The Morgan fingerprint density at radius 1 is 1.12 bits per heavy atom. The van der Waals surface area contributed by atoms with Gasteiger partial charge in [0.05, 0.1) is 19.0 Å². The molecule has 230 valence electrons. The first kappa shape index (κ1) is 33.2. The first-order chi connectivity index (χ1) is 19.7. The monoisotopic (exact) mass is 685 g/mol. The number of hydrogen-bond acceptors (Lipinski definition) is 14. The Kier molecular flexibility index (Phi) is 10.7. The smallest absolute Gasteiger partial charge is 0.382 e. The maximum Gasteiger partial charge on any atom is 0.490 e. The molecule has 0 aliphatic carbocycles. The van der Waals surface area contributed by atoms with Crippen LogP contribution in [0.1, 0.15) is 35.0 Å². The van der Waals surface area contributed by atoms with Gasteiger partial charge in [0.25, 0.3) is 0 Å². The molecule has 42 heavy (non-hydrogen) atoms. The number of hydrogen-bond donors (Lipinski definition) is 5. The number of Topliss-reactive ketones (excluding diaryl/α,β-unsaturated/α-hetero) is 1. The highest BCUT2D eigenvalue weighted by molar-refractivity contribution is 8.76. The van der Waals surface area contributed by atoms with Gasteiger partial charge in [-0.25, -0.2) is 28.6 Å². The number of ether oxygens (including phenoxy) is 1. The lowest BCUT2D eigenvalue weighted by Gasteiger charge is -2.21. The molecule has 3 unspecified atom stereocenters. The minimum absolute atomic E-state index is 0.0639. The number of phosphoric acid groups is 3. The van der Waals surface area contributed by atoms with Crippen LogP contribution in [0.5, 0.6) is 0 Å². The predicted octanol–water partition coefficient (Wildman–Crippen LogP) is 3.44. The van der Waals surface area contributed by atoms with E-state index in [4.69, 9.17) is 24.8 Å². The number of ketones is 1. The fourth-order valence-corrected chi connectivity index (χ4v) is 8.55. The van der Waals surface area contributed by atoms with Crippen LogP contribution in [0.2, 0.25) is 0 Å². The molecule has 1 aliphatic heterocycles. The molecule has 6 N–H and O–H groups in total. The van der Waals surface area contributed by atoms with Crippen molar-refractivity contribution in [1.82, 2.24) is 19.5 Å². The number of fused-ring (bicyclic) bond motifs is 1. The van der Waals surface area contributed by atoms with E-state index in [1.54, 1.807) is 38.3 Å². The molecule has 5 atom stereocenters. The summed E-state index contributed by atoms with van der Waals surface area (Å²) in [7, 11) is -13.6. The van der Waals surface area contributed by atoms with Gasteiger partial charge in [0.2, 0.25) is 0 Å². The molecule has 0 amide bonds. The largest absolute Gasteiger partial charge is 0.490 e. The van der Waals surface area contributed by atoms with Crippen molar-refractivity contribution in [2.45, 2.75) is 30.9 Å². The van der Waals surface area contributed by atoms with Gasteiger partial charge < -0.3 is 30.0 Å². The molecular formula is C20H26N5O12P3S2. The van der Waals surface area contributed by atoms with E-state index in [1.165, 1.54) is 12.7 Å². The third kappa shape index (κ3) is 8.70. The van der Waals surface area contributed by atoms with Gasteiger partial charge in [0.15, 0.2) is 17.2 Å². The minimum Gasteiger partial charge on any atom is -0.382 e. The van der Waals surface area contributed by atoms with Crippen LogP contribution in [0.15, 0.2) is 36.9 Å². The molecule has 0 radical (unpaired) electrons. The quantitative estimate of drug-likeness (QED) is 0.0925. The fourth-order valence-electron chi connectivity index (χ4n) is 4.29. The van der Waals surface area contributed by atoms with Crippen LogP contribution in [0.25, 0.3) is 11.2 Å². The minimum atomic E-state index is -5.71. The van der Waals surface area contributed by atoms with E-state index in [-0.39, 0.29) is 24.4 Å². The maximum absolute atomic E-state index is 13.4. The Labute approximate surface area is 246 Å². The molecule has 22 heteroatoms. The number of nitrogens with two attached hydrogens (primary N) is 1. The molecule has 3 heterocycles. The molecule has 2 aromatic heterocycles. The summed E-state index contributed by atoms with van der Waals surface area (Å²) in [6, 6.07) is 7.11. The van der Waals surface area contributed by atoms with Crippen molar-refractivity contribution in [2.75, 3.05) is 18.6 Å². The zero-order chi connectivity index (χ0) is 30.7. The lowest BCUT2D eigenvalue weighted by Crippen LogP contribution is -2.25. The van der Waals surface area contributed by atoms with Gasteiger partial charge in [-0.3, -0.25) is 13.9 Å². The highest BCUT2D eigenvalue weighted by atomic mass is 33.1. The summed E-state index contributed by atoms with van der Waals surface area (Å²) in [5.41, 5.74) is 7.86. The number of aromatic nitrogens is 4. The molecule has 0 saturated carbocycles. The van der Waals surface area contributed by atoms with Gasteiger partial charge in [0, 0.05) is 17.7 Å². The Morgan fingerprint density at radius 2 is 1.86 bits per heavy atom. The highest BCUT2D eigenvalue weighted by Gasteiger charge is 2.43. The van der Waals surface area contributed by atoms with E-state index in [0.717, 1.165) is 5.56 Å². The molecule has 1 saturated heterocycles. The number of rotatable bonds is 14. The predicted molar refractivity (Wildman–Crippen MR) is 152 cm³/mol. The summed E-state index contributed by atoms with van der Waals surface area (Å²) in [5.74, 6) is -0.100. The van der Waals surface area contributed by atoms with Crippen molar-refractivity contribution in [1.29, 1.82) is 0 Å². The molecule has 3 aromatic rings. The second-order valence-electron chi connectivity index (χ2n) is 8.81. The van der Waals surface area contributed by atoms with Crippen molar-refractivity contribution in [2.24, 2.45) is 5.92 Å². The molecular weight excluding hydrogens is 659 g/mol. The van der Waals surface area contributed by atoms with E-state index in [9.17, 15) is 28.3 Å². The molecule has 0 bridgehead atoms. The van der Waals surface area contributed by atoms with Gasteiger partial charge in [-0.15, -0.1) is 0 Å². The second kappa shape index (κ2) is 13.5. The fraction of sp³-hybridized carbons (Fsp3) is 0.400. The number of nitrogen functional groups attached to an aromatic ring is 1. The number of imidazole rings is 1. The standard InChI is InChI=1S/C20H26N5O12P3S2/c1-41-42-9-12-4-2-3-5-14(12)15(26)6-13-7-17(25-11-24-18-19(21)22-10-23-20(18)25)35-16(13)8-34-39(30,31)37-40(32,33)36-38(27,28)29/h2-5,10-11,13,16-17H,6-9H2,1H3,(H,30,31)(H,32,33)(H2,21,22,23)(H2,27,28,29)/t13?,16-,17-/m1/s1. The number of carbonyl (C=O) groups excluding carboxylic acids is 1. The SMILES string of the molecule is CSSCc1ccccc1C(=O)CC1C[C@H](n2cnc3c(N)ncnc32)O[C@@H]1COP(=O)(O)OP(=O)(O)OP(=O)(O)O. The number of nitrogens with zero attached hydrogens (tertiary/aromatic N) is 4. The average molecular weight is 686 g/mol. The topological polar surface area (TPSA) is 256 Å². The van der Waals surface area contributed by atoms with E-state index in [0.29, 0.717) is 22.5 Å². The Bertz CT molecular complexity index is 1590. The Morgan fingerprint density at radius 3 is 2.57 bits per heavy atom. The van der Waals surface area contributed by atoms with E-state index in [1.807, 2.05) is 18.4 Å². The summed E-state index contributed by atoms with van der Waals surface area (Å²) in [4.78, 5) is 62.6. The number of benzene rings is 1. The van der Waals surface area contributed by atoms with Crippen molar-refractivity contribution in [3.63, 3.8) is 0 Å². The lowest BCUT2D eigenvalue weighted by molar-refractivity contribution is -0.0287. The van der Waals surface area contributed by atoms with Gasteiger partial charge in [-0.05, 0) is 24.2 Å². The van der Waals surface area contributed by atoms with Crippen molar-refractivity contribution in [3.05, 3.63) is 48.0 Å². The Hall–Kier alpha value is -1.69. The lowest BCUT2D eigenvalue weighted by atomic mass is 9.91. The van der Waals surface area contributed by atoms with Crippen molar-refractivity contribution >= 4 is 67.8 Å². The van der Waals surface area contributed by atoms with Gasteiger partial charge in [-0.2, -0.15) is 8.62 Å². The normalized spacial score (nSPS) is 22.2. The number of phosphoric ester groups is 1. The Balaban J connectivity index is 1.56. The summed E-state index contributed by atoms with van der Waals surface area (Å²) >= 11 is 0. The summed E-state index contributed by atoms with van der Waals surface area (Å²) in [5, 5.41) is 0. The average Bonchev–Trinajstić information content (AvgIpc) is 3.49. The molecule has 1 aromatic carbocycles. The third-order valence-corrected chi connectivity index (χ3v) is 11.5. The summed E-state index contributed by atoms with van der Waals surface area (Å²) in [6.07, 6.45) is 2.90. The first-order valence-electron chi connectivity index (χ1n) is 11.8. The van der Waals surface area contributed by atoms with Crippen LogP contribution >= 0.6 is 45.1 Å². The van der Waals surface area contributed by atoms with Crippen LogP contribution in [-0.2, 0) is 37.3 Å². The van der Waals surface area contributed by atoms with Crippen LogP contribution in [-0.4, -0.2) is 63.8 Å². The summed E-state index contributed by atoms with van der Waals surface area (Å²) < 4.78 is 55.0. The van der Waals surface area contributed by atoms with E-state index >= 15 is 0 Å². The summed E-state index contributed by atoms with van der Waals surface area (Å²) in [6.45, 7) is -0.716. The third-order valence-electron chi connectivity index (χ3n) is 5.97. The zero-order valence-corrected chi connectivity index (χ0v) is 25.9. The highest BCUT2D eigenvalue weighted by Crippen LogP contribution is 2.66. The van der Waals surface area contributed by atoms with Crippen LogP contribution in [0, 0.1) is 5.92 Å². The maximum atomic E-state index is 13.4. The van der Waals surface area contributed by atoms with Gasteiger partial charge in [0.1, 0.15) is 18.1 Å².